The van der Waals surface area contributed by atoms with Gasteiger partial charge in [0, 0.05) is 35.6 Å². The summed E-state index contributed by atoms with van der Waals surface area (Å²) in [5, 5.41) is 2.73. The van der Waals surface area contributed by atoms with Gasteiger partial charge in [-0.3, -0.25) is 9.52 Å². The molecule has 2 aromatic carbocycles. The van der Waals surface area contributed by atoms with E-state index in [1.54, 1.807) is 36.4 Å². The van der Waals surface area contributed by atoms with Crippen LogP contribution >= 0.6 is 0 Å². The monoisotopic (exact) mass is 415 g/mol. The molecule has 0 unspecified atom stereocenters. The Balaban J connectivity index is 1.70. The molecule has 0 saturated carbocycles. The molecule has 29 heavy (non-hydrogen) atoms. The lowest BCUT2D eigenvalue weighted by Crippen LogP contribution is -2.23. The summed E-state index contributed by atoms with van der Waals surface area (Å²) in [6.45, 7) is 0.112. The van der Waals surface area contributed by atoms with E-state index in [0.717, 1.165) is 6.26 Å². The van der Waals surface area contributed by atoms with E-state index in [2.05, 4.69) is 15.0 Å². The number of rotatable bonds is 7. The minimum absolute atomic E-state index is 0.112. The quantitative estimate of drug-likeness (QED) is 0.617. The van der Waals surface area contributed by atoms with Crippen molar-refractivity contribution in [2.45, 2.75) is 6.54 Å². The summed E-state index contributed by atoms with van der Waals surface area (Å²) in [6.07, 6.45) is 2.56. The minimum Gasteiger partial charge on any atom is -0.439 e. The number of ether oxygens (including phenoxy) is 1. The molecule has 3 aromatic rings. The number of carbonyl (C=O) groups excluding carboxylic acids is 1. The Morgan fingerprint density at radius 1 is 1.10 bits per heavy atom. The summed E-state index contributed by atoms with van der Waals surface area (Å²) in [7, 11) is -3.45. The standard InChI is InChI=1S/C20H18FN3O4S/c1-29(26,27)24-17-8-2-5-14(11-17)19(25)23-13-15-6-4-10-22-20(15)28-18-9-3-7-16(21)12-18/h2-12,24H,13H2,1H3,(H,23,25). The molecule has 7 nitrogen and oxygen atoms in total. The van der Waals surface area contributed by atoms with Crippen molar-refractivity contribution >= 4 is 21.6 Å². The molecule has 0 radical (unpaired) electrons. The number of hydrogen-bond acceptors (Lipinski definition) is 5. The van der Waals surface area contributed by atoms with Gasteiger partial charge in [0.15, 0.2) is 0 Å². The van der Waals surface area contributed by atoms with Crippen LogP contribution in [0, 0.1) is 5.82 Å². The van der Waals surface area contributed by atoms with E-state index in [0.29, 0.717) is 5.56 Å². The van der Waals surface area contributed by atoms with Gasteiger partial charge >= 0.3 is 0 Å². The largest absolute Gasteiger partial charge is 0.439 e. The number of carbonyl (C=O) groups is 1. The van der Waals surface area contributed by atoms with E-state index in [9.17, 15) is 17.6 Å². The molecule has 1 amide bonds. The van der Waals surface area contributed by atoms with Crippen molar-refractivity contribution in [3.8, 4) is 11.6 Å². The lowest BCUT2D eigenvalue weighted by molar-refractivity contribution is 0.0950. The van der Waals surface area contributed by atoms with Crippen LogP contribution in [0.5, 0.6) is 11.6 Å². The van der Waals surface area contributed by atoms with Crippen LogP contribution in [-0.2, 0) is 16.6 Å². The van der Waals surface area contributed by atoms with Crippen LogP contribution in [0.4, 0.5) is 10.1 Å². The smallest absolute Gasteiger partial charge is 0.251 e. The molecule has 0 atom stereocenters. The van der Waals surface area contributed by atoms with Crippen molar-refractivity contribution in [2.75, 3.05) is 11.0 Å². The van der Waals surface area contributed by atoms with E-state index in [-0.39, 0.29) is 29.4 Å². The zero-order valence-corrected chi connectivity index (χ0v) is 16.2. The topological polar surface area (TPSA) is 97.4 Å². The van der Waals surface area contributed by atoms with Gasteiger partial charge in [-0.1, -0.05) is 18.2 Å². The van der Waals surface area contributed by atoms with Crippen molar-refractivity contribution in [2.24, 2.45) is 0 Å². The second-order valence-corrected chi connectivity index (χ2v) is 7.91. The zero-order valence-electron chi connectivity index (χ0n) is 15.4. The van der Waals surface area contributed by atoms with Gasteiger partial charge in [0.2, 0.25) is 15.9 Å². The number of sulfonamides is 1. The molecule has 0 aliphatic heterocycles. The molecule has 150 valence electrons. The lowest BCUT2D eigenvalue weighted by Gasteiger charge is -2.11. The zero-order chi connectivity index (χ0) is 20.9. The van der Waals surface area contributed by atoms with Gasteiger partial charge in [-0.15, -0.1) is 0 Å². The summed E-state index contributed by atoms with van der Waals surface area (Å²) in [4.78, 5) is 16.6. The Hall–Kier alpha value is -3.46. The van der Waals surface area contributed by atoms with Gasteiger partial charge in [-0.25, -0.2) is 17.8 Å². The lowest BCUT2D eigenvalue weighted by atomic mass is 10.2. The van der Waals surface area contributed by atoms with Gasteiger partial charge < -0.3 is 10.1 Å². The maximum Gasteiger partial charge on any atom is 0.251 e. The molecule has 2 N–H and O–H groups in total. The molecule has 1 heterocycles. The molecule has 9 heteroatoms. The van der Waals surface area contributed by atoms with E-state index < -0.39 is 21.7 Å². The van der Waals surface area contributed by atoms with Gasteiger partial charge in [0.1, 0.15) is 11.6 Å². The third kappa shape index (κ3) is 6.01. The van der Waals surface area contributed by atoms with Crippen molar-refractivity contribution in [3.63, 3.8) is 0 Å². The van der Waals surface area contributed by atoms with E-state index in [4.69, 9.17) is 4.74 Å². The third-order valence-corrected chi connectivity index (χ3v) is 4.33. The van der Waals surface area contributed by atoms with Gasteiger partial charge in [0.05, 0.1) is 6.26 Å². The van der Waals surface area contributed by atoms with Crippen LogP contribution < -0.4 is 14.8 Å². The van der Waals surface area contributed by atoms with Gasteiger partial charge in [-0.05, 0) is 36.4 Å². The van der Waals surface area contributed by atoms with Crippen LogP contribution in [0.3, 0.4) is 0 Å². The molecule has 3 rings (SSSR count). The van der Waals surface area contributed by atoms with Crippen molar-refractivity contribution in [1.82, 2.24) is 10.3 Å². The van der Waals surface area contributed by atoms with E-state index in [1.807, 2.05) is 0 Å². The van der Waals surface area contributed by atoms with Crippen LogP contribution in [0.15, 0.2) is 66.9 Å². The van der Waals surface area contributed by atoms with Gasteiger partial charge in [-0.2, -0.15) is 0 Å². The number of pyridine rings is 1. The van der Waals surface area contributed by atoms with Crippen molar-refractivity contribution in [1.29, 1.82) is 0 Å². The van der Waals surface area contributed by atoms with E-state index >= 15 is 0 Å². The third-order valence-electron chi connectivity index (χ3n) is 3.73. The molecule has 1 aromatic heterocycles. The van der Waals surface area contributed by atoms with Gasteiger partial charge in [0.25, 0.3) is 5.91 Å². The molecular weight excluding hydrogens is 397 g/mol. The number of aromatic nitrogens is 1. The summed E-state index contributed by atoms with van der Waals surface area (Å²) in [6, 6.07) is 15.2. The van der Waals surface area contributed by atoms with E-state index in [1.165, 1.54) is 30.5 Å². The first kappa shape index (κ1) is 20.3. The maximum atomic E-state index is 13.3. The van der Waals surface area contributed by atoms with Crippen LogP contribution in [0.1, 0.15) is 15.9 Å². The number of nitrogens with one attached hydrogen (secondary N) is 2. The summed E-state index contributed by atoms with van der Waals surface area (Å²) >= 11 is 0. The predicted molar refractivity (Wildman–Crippen MR) is 107 cm³/mol. The highest BCUT2D eigenvalue weighted by molar-refractivity contribution is 7.92. The van der Waals surface area contributed by atoms with Crippen LogP contribution in [0.25, 0.3) is 0 Å². The SMILES string of the molecule is CS(=O)(=O)Nc1cccc(C(=O)NCc2cccnc2Oc2cccc(F)c2)c1. The number of amides is 1. The second kappa shape index (κ2) is 8.70. The first-order valence-electron chi connectivity index (χ1n) is 8.53. The normalized spacial score (nSPS) is 11.0. The number of benzene rings is 2. The Labute approximate surface area is 167 Å². The fourth-order valence-corrected chi connectivity index (χ4v) is 3.06. The average molecular weight is 415 g/mol. The number of nitrogens with zero attached hydrogens (tertiary/aromatic N) is 1. The van der Waals surface area contributed by atoms with Crippen molar-refractivity contribution in [3.05, 3.63) is 83.8 Å². The Morgan fingerprint density at radius 3 is 2.66 bits per heavy atom. The molecule has 0 fully saturated rings. The molecular formula is C20H18FN3O4S. The molecule has 0 aliphatic rings. The summed E-state index contributed by atoms with van der Waals surface area (Å²) in [5.74, 6) is -0.305. The maximum absolute atomic E-state index is 13.3. The molecule has 0 saturated heterocycles. The predicted octanol–water partition coefficient (Wildman–Crippen LogP) is 3.31. The molecule has 0 spiro atoms. The fourth-order valence-electron chi connectivity index (χ4n) is 2.51. The minimum atomic E-state index is -3.45. The highest BCUT2D eigenvalue weighted by Crippen LogP contribution is 2.23. The van der Waals surface area contributed by atoms with Crippen LogP contribution in [0.2, 0.25) is 0 Å². The Kier molecular flexibility index (Phi) is 6.08. The van der Waals surface area contributed by atoms with Crippen molar-refractivity contribution < 1.29 is 22.3 Å². The number of halogens is 1. The average Bonchev–Trinajstić information content (AvgIpc) is 2.66. The fraction of sp³-hybridized carbons (Fsp3) is 0.100. The van der Waals surface area contributed by atoms with Crippen LogP contribution in [-0.4, -0.2) is 25.6 Å². The first-order valence-corrected chi connectivity index (χ1v) is 10.4. The second-order valence-electron chi connectivity index (χ2n) is 6.16. The number of hydrogen-bond donors (Lipinski definition) is 2. The first-order chi connectivity index (χ1) is 13.8. The summed E-state index contributed by atoms with van der Waals surface area (Å²) in [5.41, 5.74) is 1.17. The number of anilines is 1. The highest BCUT2D eigenvalue weighted by atomic mass is 32.2. The molecule has 0 aliphatic carbocycles. The highest BCUT2D eigenvalue weighted by Gasteiger charge is 2.11. The summed E-state index contributed by atoms with van der Waals surface area (Å²) < 4.78 is 44.0. The Bertz CT molecular complexity index is 1140. The molecule has 0 bridgehead atoms. The Morgan fingerprint density at radius 2 is 1.90 bits per heavy atom.